The van der Waals surface area contributed by atoms with Gasteiger partial charge < -0.3 is 9.88 Å². The van der Waals surface area contributed by atoms with Crippen molar-refractivity contribution in [3.63, 3.8) is 0 Å². The van der Waals surface area contributed by atoms with Crippen LogP contribution >= 0.6 is 0 Å². The predicted octanol–water partition coefficient (Wildman–Crippen LogP) is 3.53. The summed E-state index contributed by atoms with van der Waals surface area (Å²) >= 11 is 0. The van der Waals surface area contributed by atoms with Crippen LogP contribution in [0.2, 0.25) is 0 Å². The summed E-state index contributed by atoms with van der Waals surface area (Å²) in [6, 6.07) is 5.93. The Bertz CT molecular complexity index is 1210. The summed E-state index contributed by atoms with van der Waals surface area (Å²) in [6.07, 6.45) is 2.34. The monoisotopic (exact) mass is 439 g/mol. The van der Waals surface area contributed by atoms with Gasteiger partial charge in [0.05, 0.1) is 0 Å². The summed E-state index contributed by atoms with van der Waals surface area (Å²) in [6.45, 7) is 11.2. The van der Waals surface area contributed by atoms with Crippen LogP contribution in [0, 0.1) is 19.8 Å². The van der Waals surface area contributed by atoms with Crippen LogP contribution in [-0.2, 0) is 24.3 Å². The van der Waals surface area contributed by atoms with Crippen LogP contribution in [0.25, 0.3) is 11.2 Å². The molecule has 1 amide bonds. The summed E-state index contributed by atoms with van der Waals surface area (Å²) in [4.78, 5) is 44.8. The molecule has 0 unspecified atom stereocenters. The lowest BCUT2D eigenvalue weighted by Gasteiger charge is -2.12. The first-order chi connectivity index (χ1) is 15.2. The lowest BCUT2D eigenvalue weighted by molar-refractivity contribution is -0.116. The van der Waals surface area contributed by atoms with E-state index in [1.807, 2.05) is 37.5 Å². The molecule has 0 aliphatic heterocycles. The highest BCUT2D eigenvalue weighted by atomic mass is 16.2. The third kappa shape index (κ3) is 5.36. The molecular formula is C24H33N5O3. The molecule has 0 radical (unpaired) electrons. The van der Waals surface area contributed by atoms with Gasteiger partial charge in [0.25, 0.3) is 5.56 Å². The highest BCUT2D eigenvalue weighted by Gasteiger charge is 2.19. The Morgan fingerprint density at radius 3 is 2.44 bits per heavy atom. The smallest absolute Gasteiger partial charge is 0.326 e. The fourth-order valence-corrected chi connectivity index (χ4v) is 3.99. The van der Waals surface area contributed by atoms with Crippen molar-refractivity contribution < 1.29 is 4.79 Å². The Balaban J connectivity index is 1.92. The molecule has 0 bridgehead atoms. The Morgan fingerprint density at radius 2 is 1.81 bits per heavy atom. The van der Waals surface area contributed by atoms with E-state index in [2.05, 4.69) is 35.2 Å². The van der Waals surface area contributed by atoms with Gasteiger partial charge in [-0.15, -0.1) is 0 Å². The maximum Gasteiger partial charge on any atom is 0.330 e. The number of imidazole rings is 1. The molecule has 2 aromatic heterocycles. The maximum absolute atomic E-state index is 12.7. The third-order valence-electron chi connectivity index (χ3n) is 5.33. The first-order valence-corrected chi connectivity index (χ1v) is 11.3. The summed E-state index contributed by atoms with van der Waals surface area (Å²) in [7, 11) is 0. The summed E-state index contributed by atoms with van der Waals surface area (Å²) in [5, 5.41) is 2.95. The number of carbonyl (C=O) groups is 1. The van der Waals surface area contributed by atoms with Gasteiger partial charge in [-0.2, -0.15) is 0 Å². The first kappa shape index (κ1) is 23.5. The number of anilines is 1. The second-order valence-electron chi connectivity index (χ2n) is 8.89. The van der Waals surface area contributed by atoms with Crippen molar-refractivity contribution in [1.29, 1.82) is 0 Å². The van der Waals surface area contributed by atoms with Crippen molar-refractivity contribution in [3.05, 3.63) is 56.0 Å². The first-order valence-electron chi connectivity index (χ1n) is 11.3. The maximum atomic E-state index is 12.7. The minimum absolute atomic E-state index is 0.115. The van der Waals surface area contributed by atoms with Gasteiger partial charge in [0, 0.05) is 31.6 Å². The van der Waals surface area contributed by atoms with Gasteiger partial charge in [-0.1, -0.05) is 33.3 Å². The molecule has 0 saturated carbocycles. The number of nitrogens with zero attached hydrogens (tertiary/aromatic N) is 3. The van der Waals surface area contributed by atoms with Gasteiger partial charge in [0.2, 0.25) is 5.91 Å². The number of aromatic nitrogens is 4. The van der Waals surface area contributed by atoms with Crippen molar-refractivity contribution >= 4 is 22.8 Å². The van der Waals surface area contributed by atoms with Crippen molar-refractivity contribution in [2.24, 2.45) is 5.92 Å². The molecular weight excluding hydrogens is 406 g/mol. The standard InChI is InChI=1S/C24H33N5O3/c1-6-7-10-28-22-21(23(31)27-24(28)32)29(14-15(2)3)19(26-22)8-9-20(30)25-18-12-16(4)11-17(5)13-18/h11-13,15H,6-10,14H2,1-5H3,(H,25,30)(H,27,31,32). The van der Waals surface area contributed by atoms with Crippen LogP contribution in [0.4, 0.5) is 5.69 Å². The van der Waals surface area contributed by atoms with E-state index in [0.29, 0.717) is 36.5 Å². The van der Waals surface area contributed by atoms with Gasteiger partial charge in [0.1, 0.15) is 5.82 Å². The number of carbonyl (C=O) groups excluding carboxylic acids is 1. The number of hydrogen-bond acceptors (Lipinski definition) is 4. The van der Waals surface area contributed by atoms with Crippen molar-refractivity contribution in [3.8, 4) is 0 Å². The molecule has 0 atom stereocenters. The molecule has 8 heteroatoms. The quantitative estimate of drug-likeness (QED) is 0.532. The number of benzene rings is 1. The van der Waals surface area contributed by atoms with Gasteiger partial charge in [-0.05, 0) is 49.4 Å². The zero-order valence-electron chi connectivity index (χ0n) is 19.6. The van der Waals surface area contributed by atoms with Gasteiger partial charge >= 0.3 is 5.69 Å². The molecule has 172 valence electrons. The molecule has 2 heterocycles. The number of aryl methyl sites for hydroxylation is 4. The van der Waals surface area contributed by atoms with Gasteiger partial charge in [-0.25, -0.2) is 9.78 Å². The number of unbranched alkanes of at least 4 members (excludes halogenated alkanes) is 1. The molecule has 3 rings (SSSR count). The lowest BCUT2D eigenvalue weighted by atomic mass is 10.1. The van der Waals surface area contributed by atoms with Crippen molar-refractivity contribution in [2.75, 3.05) is 5.32 Å². The van der Waals surface area contributed by atoms with E-state index in [1.54, 1.807) is 0 Å². The number of aromatic amines is 1. The van der Waals surface area contributed by atoms with Crippen LogP contribution in [0.5, 0.6) is 0 Å². The van der Waals surface area contributed by atoms with E-state index in [4.69, 9.17) is 0 Å². The van der Waals surface area contributed by atoms with E-state index in [-0.39, 0.29) is 18.2 Å². The molecule has 3 aromatic rings. The average molecular weight is 440 g/mol. The Labute approximate surface area is 187 Å². The number of rotatable bonds is 9. The van der Waals surface area contributed by atoms with Crippen LogP contribution in [0.1, 0.15) is 57.0 Å². The number of fused-ring (bicyclic) bond motifs is 1. The molecule has 32 heavy (non-hydrogen) atoms. The number of amides is 1. The molecule has 0 saturated heterocycles. The Morgan fingerprint density at radius 1 is 1.12 bits per heavy atom. The van der Waals surface area contributed by atoms with Gasteiger partial charge in [0.15, 0.2) is 11.2 Å². The average Bonchev–Trinajstić information content (AvgIpc) is 3.03. The largest absolute Gasteiger partial charge is 0.330 e. The number of hydrogen-bond donors (Lipinski definition) is 2. The molecule has 0 spiro atoms. The van der Waals surface area contributed by atoms with Crippen LogP contribution in [0.15, 0.2) is 27.8 Å². The number of H-pyrrole nitrogens is 1. The lowest BCUT2D eigenvalue weighted by Crippen LogP contribution is -2.31. The number of nitrogens with one attached hydrogen (secondary N) is 2. The highest BCUT2D eigenvalue weighted by Crippen LogP contribution is 2.17. The van der Waals surface area contributed by atoms with Gasteiger partial charge in [-0.3, -0.25) is 19.1 Å². The molecule has 0 aliphatic carbocycles. The highest BCUT2D eigenvalue weighted by molar-refractivity contribution is 5.91. The molecule has 2 N–H and O–H groups in total. The third-order valence-corrected chi connectivity index (χ3v) is 5.33. The van der Waals surface area contributed by atoms with Crippen LogP contribution in [0.3, 0.4) is 0 Å². The minimum Gasteiger partial charge on any atom is -0.326 e. The minimum atomic E-state index is -0.441. The Kier molecular flexibility index (Phi) is 7.33. The van der Waals surface area contributed by atoms with E-state index >= 15 is 0 Å². The fraction of sp³-hybridized carbons (Fsp3) is 0.500. The molecule has 8 nitrogen and oxygen atoms in total. The van der Waals surface area contributed by atoms with Crippen molar-refractivity contribution in [2.45, 2.75) is 73.4 Å². The van der Waals surface area contributed by atoms with Crippen LogP contribution in [-0.4, -0.2) is 25.0 Å². The van der Waals surface area contributed by atoms with E-state index < -0.39 is 11.2 Å². The summed E-state index contributed by atoms with van der Waals surface area (Å²) in [5.74, 6) is 0.798. The summed E-state index contributed by atoms with van der Waals surface area (Å²) < 4.78 is 3.40. The molecule has 1 aromatic carbocycles. The van der Waals surface area contributed by atoms with E-state index in [1.165, 1.54) is 4.57 Å². The fourth-order valence-electron chi connectivity index (χ4n) is 3.99. The second kappa shape index (κ2) is 9.97. The zero-order chi connectivity index (χ0) is 23.4. The van der Waals surface area contributed by atoms with Crippen LogP contribution < -0.4 is 16.6 Å². The van der Waals surface area contributed by atoms with E-state index in [0.717, 1.165) is 29.7 Å². The van der Waals surface area contributed by atoms with Crippen molar-refractivity contribution in [1.82, 2.24) is 19.1 Å². The SMILES string of the molecule is CCCCn1c(=O)[nH]c(=O)c2c1nc(CCC(=O)Nc1cc(C)cc(C)c1)n2CC(C)C. The van der Waals surface area contributed by atoms with E-state index in [9.17, 15) is 14.4 Å². The normalized spacial score (nSPS) is 11.4. The topological polar surface area (TPSA) is 102 Å². The summed E-state index contributed by atoms with van der Waals surface area (Å²) in [5.41, 5.74) is 2.87. The molecule has 0 aliphatic rings. The Hall–Kier alpha value is -3.16. The predicted molar refractivity (Wildman–Crippen MR) is 127 cm³/mol. The molecule has 0 fully saturated rings. The second-order valence-corrected chi connectivity index (χ2v) is 8.89. The zero-order valence-corrected chi connectivity index (χ0v) is 19.6.